The molecule has 0 aliphatic carbocycles. The number of nitrogens with one attached hydrogen (secondary N) is 1. The van der Waals surface area contributed by atoms with Crippen LogP contribution in [0.1, 0.15) is 24.4 Å². The Morgan fingerprint density at radius 1 is 1.44 bits per heavy atom. The highest BCUT2D eigenvalue weighted by atomic mass is 16.5. The van der Waals surface area contributed by atoms with Crippen LogP contribution in [0.25, 0.3) is 0 Å². The number of para-hydroxylation sites is 1. The lowest BCUT2D eigenvalue weighted by molar-refractivity contribution is 0.195. The summed E-state index contributed by atoms with van der Waals surface area (Å²) in [5.41, 5.74) is 1.27. The van der Waals surface area contributed by atoms with Gasteiger partial charge in [-0.1, -0.05) is 18.2 Å². The summed E-state index contributed by atoms with van der Waals surface area (Å²) < 4.78 is 10.8. The zero-order chi connectivity index (χ0) is 11.2. The fourth-order valence-corrected chi connectivity index (χ4v) is 2.07. The van der Waals surface area contributed by atoms with E-state index in [0.29, 0.717) is 6.04 Å². The number of benzene rings is 1. The number of fused-ring (bicyclic) bond motifs is 1. The van der Waals surface area contributed by atoms with Gasteiger partial charge in [0, 0.05) is 25.3 Å². The molecule has 0 spiro atoms. The molecule has 1 aromatic carbocycles. The molecule has 1 atom stereocenters. The minimum Gasteiger partial charge on any atom is -0.493 e. The van der Waals surface area contributed by atoms with Crippen LogP contribution >= 0.6 is 0 Å². The summed E-state index contributed by atoms with van der Waals surface area (Å²) in [6, 6.07) is 8.68. The summed E-state index contributed by atoms with van der Waals surface area (Å²) in [5, 5.41) is 3.51. The molecule has 16 heavy (non-hydrogen) atoms. The van der Waals surface area contributed by atoms with Gasteiger partial charge in [-0.15, -0.1) is 0 Å². The molecule has 0 bridgehead atoms. The van der Waals surface area contributed by atoms with Crippen LogP contribution in [-0.4, -0.2) is 26.9 Å². The van der Waals surface area contributed by atoms with Crippen molar-refractivity contribution in [3.63, 3.8) is 0 Å². The molecule has 1 aliphatic rings. The number of hydrogen-bond donors (Lipinski definition) is 1. The highest BCUT2D eigenvalue weighted by molar-refractivity contribution is 5.36. The van der Waals surface area contributed by atoms with Crippen LogP contribution in [0.4, 0.5) is 0 Å². The van der Waals surface area contributed by atoms with Crippen LogP contribution < -0.4 is 10.1 Å². The lowest BCUT2D eigenvalue weighted by Crippen LogP contribution is -2.24. The first-order chi connectivity index (χ1) is 7.92. The quantitative estimate of drug-likeness (QED) is 0.790. The van der Waals surface area contributed by atoms with Gasteiger partial charge in [-0.25, -0.2) is 0 Å². The monoisotopic (exact) mass is 221 g/mol. The number of hydrogen-bond acceptors (Lipinski definition) is 3. The highest BCUT2D eigenvalue weighted by Crippen LogP contribution is 2.30. The van der Waals surface area contributed by atoms with Gasteiger partial charge >= 0.3 is 0 Å². The zero-order valence-corrected chi connectivity index (χ0v) is 9.74. The summed E-state index contributed by atoms with van der Waals surface area (Å²) in [7, 11) is 1.73. The first-order valence-electron chi connectivity index (χ1n) is 5.86. The van der Waals surface area contributed by atoms with Gasteiger partial charge in [0.05, 0.1) is 13.2 Å². The Balaban J connectivity index is 2.06. The molecule has 3 nitrogen and oxygen atoms in total. The van der Waals surface area contributed by atoms with Crippen molar-refractivity contribution >= 4 is 0 Å². The average Bonchev–Trinajstić information content (AvgIpc) is 2.52. The smallest absolute Gasteiger partial charge is 0.124 e. The van der Waals surface area contributed by atoms with E-state index in [4.69, 9.17) is 9.47 Å². The molecule has 0 saturated heterocycles. The van der Waals surface area contributed by atoms with Crippen LogP contribution in [-0.2, 0) is 4.74 Å². The van der Waals surface area contributed by atoms with Gasteiger partial charge in [-0.2, -0.15) is 0 Å². The maximum absolute atomic E-state index is 5.71. The van der Waals surface area contributed by atoms with Gasteiger partial charge in [-0.05, 0) is 18.9 Å². The minimum atomic E-state index is 0.397. The highest BCUT2D eigenvalue weighted by Gasteiger charge is 2.18. The van der Waals surface area contributed by atoms with E-state index in [-0.39, 0.29) is 0 Å². The first kappa shape index (κ1) is 11.4. The van der Waals surface area contributed by atoms with Crippen molar-refractivity contribution < 1.29 is 9.47 Å². The Kier molecular flexibility index (Phi) is 4.19. The maximum atomic E-state index is 5.71. The Morgan fingerprint density at radius 2 is 2.31 bits per heavy atom. The molecule has 88 valence electrons. The largest absolute Gasteiger partial charge is 0.493 e. The van der Waals surface area contributed by atoms with Gasteiger partial charge in [0.2, 0.25) is 0 Å². The Hall–Kier alpha value is -1.06. The summed E-state index contributed by atoms with van der Waals surface area (Å²) in [5.74, 6) is 1.02. The van der Waals surface area contributed by atoms with Crippen LogP contribution in [0.3, 0.4) is 0 Å². The second-order valence-electron chi connectivity index (χ2n) is 4.03. The van der Waals surface area contributed by atoms with Crippen LogP contribution in [0.2, 0.25) is 0 Å². The molecule has 0 amide bonds. The topological polar surface area (TPSA) is 30.5 Å². The normalized spacial score (nSPS) is 19.7. The molecule has 2 rings (SSSR count). The van der Waals surface area contributed by atoms with Crippen LogP contribution in [0.5, 0.6) is 5.75 Å². The van der Waals surface area contributed by atoms with E-state index in [2.05, 4.69) is 17.4 Å². The molecule has 0 radical (unpaired) electrons. The SMILES string of the molecule is COCCNC1CCCOc2ccccc21. The molecular formula is C13H19NO2. The molecule has 3 heteroatoms. The third-order valence-electron chi connectivity index (χ3n) is 2.89. The summed E-state index contributed by atoms with van der Waals surface area (Å²) >= 11 is 0. The predicted molar refractivity (Wildman–Crippen MR) is 63.8 cm³/mol. The van der Waals surface area contributed by atoms with Crippen LogP contribution in [0, 0.1) is 0 Å². The summed E-state index contributed by atoms with van der Waals surface area (Å²) in [6.45, 7) is 2.45. The Morgan fingerprint density at radius 3 is 3.19 bits per heavy atom. The molecule has 1 unspecified atom stereocenters. The molecule has 0 saturated carbocycles. The first-order valence-corrected chi connectivity index (χ1v) is 5.86. The Labute approximate surface area is 96.8 Å². The molecule has 1 N–H and O–H groups in total. The standard InChI is InChI=1S/C13H19NO2/c1-15-10-8-14-12-6-4-9-16-13-7-3-2-5-11(12)13/h2-3,5,7,12,14H,4,6,8-10H2,1H3. The van der Waals surface area contributed by atoms with Crippen molar-refractivity contribution in [2.45, 2.75) is 18.9 Å². The molecule has 1 heterocycles. The third-order valence-corrected chi connectivity index (χ3v) is 2.89. The van der Waals surface area contributed by atoms with E-state index in [1.807, 2.05) is 12.1 Å². The number of methoxy groups -OCH3 is 1. The molecule has 1 aliphatic heterocycles. The zero-order valence-electron chi connectivity index (χ0n) is 9.74. The maximum Gasteiger partial charge on any atom is 0.124 e. The van der Waals surface area contributed by atoms with Crippen molar-refractivity contribution in [3.8, 4) is 5.75 Å². The van der Waals surface area contributed by atoms with E-state index in [9.17, 15) is 0 Å². The number of ether oxygens (including phenoxy) is 2. The third kappa shape index (κ3) is 2.74. The predicted octanol–water partition coefficient (Wildman–Crippen LogP) is 2.14. The van der Waals surface area contributed by atoms with Gasteiger partial charge in [0.25, 0.3) is 0 Å². The second-order valence-corrected chi connectivity index (χ2v) is 4.03. The van der Waals surface area contributed by atoms with Crippen LogP contribution in [0.15, 0.2) is 24.3 Å². The van der Waals surface area contributed by atoms with Gasteiger partial charge in [-0.3, -0.25) is 0 Å². The fourth-order valence-electron chi connectivity index (χ4n) is 2.07. The van der Waals surface area contributed by atoms with Gasteiger partial charge < -0.3 is 14.8 Å². The summed E-state index contributed by atoms with van der Waals surface area (Å²) in [4.78, 5) is 0. The van der Waals surface area contributed by atoms with Crippen molar-refractivity contribution in [1.82, 2.24) is 5.32 Å². The Bertz CT molecular complexity index is 327. The van der Waals surface area contributed by atoms with Crippen molar-refractivity contribution in [1.29, 1.82) is 0 Å². The molecule has 0 aromatic heterocycles. The minimum absolute atomic E-state index is 0.397. The number of rotatable bonds is 4. The average molecular weight is 221 g/mol. The van der Waals surface area contributed by atoms with E-state index < -0.39 is 0 Å². The second kappa shape index (κ2) is 5.87. The molecule has 0 fully saturated rings. The summed E-state index contributed by atoms with van der Waals surface area (Å²) in [6.07, 6.45) is 2.22. The van der Waals surface area contributed by atoms with Gasteiger partial charge in [0.15, 0.2) is 0 Å². The van der Waals surface area contributed by atoms with E-state index in [1.165, 1.54) is 5.56 Å². The van der Waals surface area contributed by atoms with Gasteiger partial charge in [0.1, 0.15) is 5.75 Å². The van der Waals surface area contributed by atoms with Crippen molar-refractivity contribution in [3.05, 3.63) is 29.8 Å². The van der Waals surface area contributed by atoms with E-state index in [0.717, 1.165) is 38.3 Å². The molecular weight excluding hydrogens is 202 g/mol. The fraction of sp³-hybridized carbons (Fsp3) is 0.538. The van der Waals surface area contributed by atoms with Crippen molar-refractivity contribution in [2.24, 2.45) is 0 Å². The van der Waals surface area contributed by atoms with E-state index in [1.54, 1.807) is 7.11 Å². The lowest BCUT2D eigenvalue weighted by atomic mass is 10.0. The molecule has 1 aromatic rings. The van der Waals surface area contributed by atoms with E-state index >= 15 is 0 Å². The van der Waals surface area contributed by atoms with Crippen molar-refractivity contribution in [2.75, 3.05) is 26.9 Å². The lowest BCUT2D eigenvalue weighted by Gasteiger charge is -2.17.